The van der Waals surface area contributed by atoms with Gasteiger partial charge in [-0.25, -0.2) is 4.98 Å². The van der Waals surface area contributed by atoms with Crippen LogP contribution < -0.4 is 10.1 Å². The zero-order valence-corrected chi connectivity index (χ0v) is 24.1. The quantitative estimate of drug-likeness (QED) is 0.233. The summed E-state index contributed by atoms with van der Waals surface area (Å²) in [6, 6.07) is 27.8. The Morgan fingerprint density at radius 2 is 1.68 bits per heavy atom. The average molecular weight is 566 g/mol. The second-order valence-electron chi connectivity index (χ2n) is 11.1. The summed E-state index contributed by atoms with van der Waals surface area (Å²) >= 11 is 1.53. The SMILES string of the molecule is CC(C(=O)Nc1nc2c(s1)CCCC2C(=O)C1CCN(Cc2ccc(Oc3ccccc3)cc2)C1)c1ccccc1. The highest BCUT2D eigenvalue weighted by atomic mass is 32.1. The third-order valence-electron chi connectivity index (χ3n) is 8.20. The number of carbonyl (C=O) groups excluding carboxylic acids is 2. The Bertz CT molecular complexity index is 1490. The van der Waals surface area contributed by atoms with E-state index >= 15 is 0 Å². The Labute approximate surface area is 245 Å². The number of thiazole rings is 1. The molecule has 1 saturated heterocycles. The van der Waals surface area contributed by atoms with Crippen molar-refractivity contribution in [1.82, 2.24) is 9.88 Å². The molecule has 210 valence electrons. The number of aromatic nitrogens is 1. The number of para-hydroxylation sites is 1. The van der Waals surface area contributed by atoms with E-state index in [0.29, 0.717) is 10.9 Å². The normalized spacial score (nSPS) is 19.3. The number of rotatable bonds is 9. The van der Waals surface area contributed by atoms with E-state index in [0.717, 1.165) is 73.0 Å². The molecule has 1 amide bonds. The Morgan fingerprint density at radius 1 is 0.976 bits per heavy atom. The first kappa shape index (κ1) is 27.4. The summed E-state index contributed by atoms with van der Waals surface area (Å²) < 4.78 is 5.92. The molecule has 0 radical (unpaired) electrons. The number of amides is 1. The molecule has 3 unspecified atom stereocenters. The van der Waals surface area contributed by atoms with Crippen molar-refractivity contribution in [3.05, 3.63) is 107 Å². The molecule has 1 fully saturated rings. The van der Waals surface area contributed by atoms with Crippen LogP contribution in [0.15, 0.2) is 84.9 Å². The molecule has 0 spiro atoms. The molecule has 1 N–H and O–H groups in total. The fourth-order valence-corrected chi connectivity index (χ4v) is 6.96. The lowest BCUT2D eigenvalue weighted by Gasteiger charge is -2.23. The summed E-state index contributed by atoms with van der Waals surface area (Å²) in [5.74, 6) is 1.44. The minimum absolute atomic E-state index is 0.0180. The number of ketones is 1. The zero-order chi connectivity index (χ0) is 28.2. The van der Waals surface area contributed by atoms with Crippen molar-refractivity contribution in [2.24, 2.45) is 5.92 Å². The van der Waals surface area contributed by atoms with Gasteiger partial charge in [-0.15, -0.1) is 11.3 Å². The maximum atomic E-state index is 13.7. The number of ether oxygens (including phenoxy) is 1. The number of Topliss-reactive ketones (excluding diaryl/α,β-unsaturated/α-hetero) is 1. The Morgan fingerprint density at radius 3 is 2.44 bits per heavy atom. The molecule has 1 aliphatic heterocycles. The number of likely N-dealkylation sites (tertiary alicyclic amines) is 1. The molecule has 1 aromatic heterocycles. The van der Waals surface area contributed by atoms with Gasteiger partial charge in [-0.05, 0) is 74.5 Å². The molecular weight excluding hydrogens is 530 g/mol. The maximum absolute atomic E-state index is 13.7. The summed E-state index contributed by atoms with van der Waals surface area (Å²) in [6.45, 7) is 4.41. The van der Waals surface area contributed by atoms with E-state index in [1.807, 2.05) is 79.7 Å². The van der Waals surface area contributed by atoms with Crippen LogP contribution in [0.25, 0.3) is 0 Å². The first-order valence-corrected chi connectivity index (χ1v) is 15.3. The van der Waals surface area contributed by atoms with E-state index in [9.17, 15) is 9.59 Å². The van der Waals surface area contributed by atoms with Crippen molar-refractivity contribution < 1.29 is 14.3 Å². The van der Waals surface area contributed by atoms with Gasteiger partial charge in [0.2, 0.25) is 5.91 Å². The van der Waals surface area contributed by atoms with E-state index in [4.69, 9.17) is 9.72 Å². The number of aryl methyl sites for hydroxylation is 1. The second-order valence-corrected chi connectivity index (χ2v) is 12.2. The predicted molar refractivity (Wildman–Crippen MR) is 163 cm³/mol. The number of nitrogens with one attached hydrogen (secondary N) is 1. The second kappa shape index (κ2) is 12.4. The van der Waals surface area contributed by atoms with E-state index in [2.05, 4.69) is 22.3 Å². The van der Waals surface area contributed by atoms with Gasteiger partial charge in [-0.2, -0.15) is 0 Å². The zero-order valence-electron chi connectivity index (χ0n) is 23.3. The number of hydrogen-bond donors (Lipinski definition) is 1. The minimum Gasteiger partial charge on any atom is -0.457 e. The first-order chi connectivity index (χ1) is 20.0. The number of carbonyl (C=O) groups is 2. The predicted octanol–water partition coefficient (Wildman–Crippen LogP) is 7.19. The first-order valence-electron chi connectivity index (χ1n) is 14.5. The molecule has 1 aliphatic carbocycles. The van der Waals surface area contributed by atoms with Gasteiger partial charge >= 0.3 is 0 Å². The van der Waals surface area contributed by atoms with Gasteiger partial charge in [0.05, 0.1) is 17.5 Å². The van der Waals surface area contributed by atoms with Gasteiger partial charge < -0.3 is 10.1 Å². The monoisotopic (exact) mass is 565 g/mol. The van der Waals surface area contributed by atoms with Crippen LogP contribution in [0.4, 0.5) is 5.13 Å². The van der Waals surface area contributed by atoms with Crippen LogP contribution >= 0.6 is 11.3 Å². The fraction of sp³-hybridized carbons (Fsp3) is 0.324. The summed E-state index contributed by atoms with van der Waals surface area (Å²) in [7, 11) is 0. The van der Waals surface area contributed by atoms with Crippen LogP contribution in [0.5, 0.6) is 11.5 Å². The molecule has 7 heteroatoms. The third kappa shape index (κ3) is 6.42. The van der Waals surface area contributed by atoms with Crippen LogP contribution in [-0.4, -0.2) is 34.7 Å². The van der Waals surface area contributed by atoms with Gasteiger partial charge in [0.15, 0.2) is 5.13 Å². The number of nitrogens with zero attached hydrogens (tertiary/aromatic N) is 2. The standard InChI is InChI=1S/C34H35N3O3S/c1-23(25-9-4-2-5-10-25)33(39)36-34-35-31-29(13-8-14-30(31)41-34)32(38)26-19-20-37(22-26)21-24-15-17-28(18-16-24)40-27-11-6-3-7-12-27/h2-7,9-12,15-18,23,26,29H,8,13-14,19-22H2,1H3,(H,35,36,39). The molecule has 3 atom stereocenters. The summed E-state index contributed by atoms with van der Waals surface area (Å²) in [6.07, 6.45) is 3.61. The lowest BCUT2D eigenvalue weighted by Crippen LogP contribution is -2.28. The number of anilines is 1. The molecule has 4 aromatic rings. The largest absolute Gasteiger partial charge is 0.457 e. The van der Waals surface area contributed by atoms with Crippen LogP contribution in [0.3, 0.4) is 0 Å². The molecule has 6 rings (SSSR count). The summed E-state index contributed by atoms with van der Waals surface area (Å²) in [5, 5.41) is 3.62. The van der Waals surface area contributed by atoms with E-state index in [-0.39, 0.29) is 23.7 Å². The highest BCUT2D eigenvalue weighted by molar-refractivity contribution is 7.15. The Hall–Kier alpha value is -3.81. The fourth-order valence-electron chi connectivity index (χ4n) is 5.89. The molecule has 2 aliphatic rings. The molecular formula is C34H35N3O3S. The van der Waals surface area contributed by atoms with Gasteiger partial charge in [-0.3, -0.25) is 14.5 Å². The molecule has 41 heavy (non-hydrogen) atoms. The summed E-state index contributed by atoms with van der Waals surface area (Å²) in [4.78, 5) is 35.0. The van der Waals surface area contributed by atoms with Crippen LogP contribution in [0.2, 0.25) is 0 Å². The summed E-state index contributed by atoms with van der Waals surface area (Å²) in [5.41, 5.74) is 3.08. The van der Waals surface area contributed by atoms with Crippen LogP contribution in [-0.2, 0) is 22.6 Å². The minimum atomic E-state index is -0.272. The molecule has 0 bridgehead atoms. The van der Waals surface area contributed by atoms with Crippen molar-refractivity contribution in [2.75, 3.05) is 18.4 Å². The molecule has 2 heterocycles. The number of benzene rings is 3. The lowest BCUT2D eigenvalue weighted by molar-refractivity contribution is -0.124. The van der Waals surface area contributed by atoms with Crippen molar-refractivity contribution in [3.63, 3.8) is 0 Å². The van der Waals surface area contributed by atoms with Crippen LogP contribution in [0, 0.1) is 5.92 Å². The Kier molecular flexibility index (Phi) is 8.26. The van der Waals surface area contributed by atoms with E-state index < -0.39 is 0 Å². The van der Waals surface area contributed by atoms with Gasteiger partial charge in [-0.1, -0.05) is 60.7 Å². The average Bonchev–Trinajstić information content (AvgIpc) is 3.65. The van der Waals surface area contributed by atoms with Gasteiger partial charge in [0, 0.05) is 23.9 Å². The van der Waals surface area contributed by atoms with E-state index in [1.54, 1.807) is 0 Å². The molecule has 3 aromatic carbocycles. The van der Waals surface area contributed by atoms with Gasteiger partial charge in [0.1, 0.15) is 17.3 Å². The maximum Gasteiger partial charge on any atom is 0.233 e. The topological polar surface area (TPSA) is 71.5 Å². The highest BCUT2D eigenvalue weighted by Gasteiger charge is 2.37. The number of fused-ring (bicyclic) bond motifs is 1. The lowest BCUT2D eigenvalue weighted by atomic mass is 9.82. The van der Waals surface area contributed by atoms with Crippen molar-refractivity contribution >= 4 is 28.2 Å². The third-order valence-corrected chi connectivity index (χ3v) is 9.25. The van der Waals surface area contributed by atoms with Crippen molar-refractivity contribution in [3.8, 4) is 11.5 Å². The van der Waals surface area contributed by atoms with Crippen molar-refractivity contribution in [2.45, 2.75) is 51.0 Å². The highest BCUT2D eigenvalue weighted by Crippen LogP contribution is 2.40. The van der Waals surface area contributed by atoms with Gasteiger partial charge in [0.25, 0.3) is 0 Å². The molecule has 6 nitrogen and oxygen atoms in total. The number of hydrogen-bond acceptors (Lipinski definition) is 6. The smallest absolute Gasteiger partial charge is 0.233 e. The van der Waals surface area contributed by atoms with Crippen LogP contribution in [0.1, 0.15) is 59.7 Å². The Balaban J connectivity index is 1.05. The van der Waals surface area contributed by atoms with E-state index in [1.165, 1.54) is 16.9 Å². The molecule has 0 saturated carbocycles. The van der Waals surface area contributed by atoms with Crippen molar-refractivity contribution in [1.29, 1.82) is 0 Å².